The molecule has 4 N–H and O–H groups in total. The third kappa shape index (κ3) is 6.08. The van der Waals surface area contributed by atoms with Crippen molar-refractivity contribution in [2.24, 2.45) is 5.84 Å². The van der Waals surface area contributed by atoms with Crippen LogP contribution in [0.2, 0.25) is 0 Å². The number of amides is 5. The molecule has 0 radical (unpaired) electrons. The Morgan fingerprint density at radius 1 is 1.24 bits per heavy atom. The number of hydrogen-bond donors (Lipinski definition) is 3. The fourth-order valence-electron chi connectivity index (χ4n) is 3.85. The number of anilines is 2. The Balaban J connectivity index is 1.89. The van der Waals surface area contributed by atoms with Crippen LogP contribution >= 0.6 is 0 Å². The van der Waals surface area contributed by atoms with Gasteiger partial charge in [-0.05, 0) is 48.4 Å². The van der Waals surface area contributed by atoms with Crippen molar-refractivity contribution in [3.05, 3.63) is 83.8 Å². The van der Waals surface area contributed by atoms with Gasteiger partial charge in [-0.15, -0.1) is 0 Å². The molecule has 0 bridgehead atoms. The molecule has 5 amide bonds. The molecule has 0 spiro atoms. The van der Waals surface area contributed by atoms with E-state index in [2.05, 4.69) is 11.9 Å². The summed E-state index contributed by atoms with van der Waals surface area (Å²) in [4.78, 5) is 52.6. The van der Waals surface area contributed by atoms with E-state index in [0.717, 1.165) is 16.0 Å². The zero-order valence-corrected chi connectivity index (χ0v) is 20.5. The molecule has 1 atom stereocenters. The average molecular weight is 510 g/mol. The van der Waals surface area contributed by atoms with Crippen molar-refractivity contribution in [3.8, 4) is 0 Å². The molecule has 0 aliphatic carbocycles. The monoisotopic (exact) mass is 509 g/mol. The molecule has 10 nitrogen and oxygen atoms in total. The molecule has 0 unspecified atom stereocenters. The van der Waals surface area contributed by atoms with E-state index >= 15 is 0 Å². The van der Waals surface area contributed by atoms with E-state index in [4.69, 9.17) is 5.84 Å². The van der Waals surface area contributed by atoms with Crippen LogP contribution in [0.5, 0.6) is 0 Å². The van der Waals surface area contributed by atoms with Gasteiger partial charge in [0, 0.05) is 36.8 Å². The maximum absolute atomic E-state index is 13.5. The smallest absolute Gasteiger partial charge is 0.345 e. The maximum Gasteiger partial charge on any atom is 0.345 e. The van der Waals surface area contributed by atoms with Gasteiger partial charge in [-0.3, -0.25) is 19.3 Å². The highest BCUT2D eigenvalue weighted by molar-refractivity contribution is 6.08. The number of nitrogens with one attached hydrogen (secondary N) is 1. The van der Waals surface area contributed by atoms with Crippen LogP contribution in [0.25, 0.3) is 0 Å². The number of carbonyl (C=O) groups is 4. The molecule has 2 aromatic rings. The second-order valence-corrected chi connectivity index (χ2v) is 8.42. The van der Waals surface area contributed by atoms with Crippen molar-refractivity contribution < 1.29 is 28.7 Å². The Morgan fingerprint density at radius 2 is 1.92 bits per heavy atom. The number of nitrogens with zero attached hydrogens (tertiary/aromatic N) is 3. The highest BCUT2D eigenvalue weighted by atomic mass is 19.1. The second-order valence-electron chi connectivity index (χ2n) is 8.42. The van der Waals surface area contributed by atoms with Crippen LogP contribution in [-0.4, -0.2) is 58.9 Å². The lowest BCUT2D eigenvalue weighted by Crippen LogP contribution is -2.50. The van der Waals surface area contributed by atoms with E-state index in [1.807, 2.05) is 0 Å². The minimum Gasteiger partial charge on any atom is -0.395 e. The molecule has 11 heteroatoms. The van der Waals surface area contributed by atoms with Crippen LogP contribution in [0.4, 0.5) is 20.6 Å². The van der Waals surface area contributed by atoms with E-state index in [1.165, 1.54) is 47.5 Å². The third-order valence-electron chi connectivity index (χ3n) is 5.96. The van der Waals surface area contributed by atoms with Crippen LogP contribution in [-0.2, 0) is 14.4 Å². The van der Waals surface area contributed by atoms with Crippen molar-refractivity contribution >= 4 is 35.1 Å². The molecule has 194 valence electrons. The van der Waals surface area contributed by atoms with Crippen LogP contribution in [0, 0.1) is 12.7 Å². The quantitative estimate of drug-likeness (QED) is 0.227. The fraction of sp³-hybridized carbons (Fsp3) is 0.231. The van der Waals surface area contributed by atoms with Crippen LogP contribution in [0.1, 0.15) is 23.5 Å². The highest BCUT2D eigenvalue weighted by Crippen LogP contribution is 2.34. The number of hydrogen-bond acceptors (Lipinski definition) is 6. The molecule has 3 rings (SSSR count). The summed E-state index contributed by atoms with van der Waals surface area (Å²) in [6.07, 6.45) is 2.41. The zero-order chi connectivity index (χ0) is 27.3. The Labute approximate surface area is 213 Å². The summed E-state index contributed by atoms with van der Waals surface area (Å²) >= 11 is 0. The van der Waals surface area contributed by atoms with Gasteiger partial charge in [0.05, 0.1) is 18.8 Å². The first-order valence-corrected chi connectivity index (χ1v) is 11.4. The summed E-state index contributed by atoms with van der Waals surface area (Å²) in [7, 11) is 1.54. The molecule has 0 saturated carbocycles. The minimum absolute atomic E-state index is 0.0313. The van der Waals surface area contributed by atoms with E-state index in [-0.39, 0.29) is 24.6 Å². The van der Waals surface area contributed by atoms with Crippen LogP contribution < -0.4 is 16.2 Å². The van der Waals surface area contributed by atoms with Gasteiger partial charge < -0.3 is 15.3 Å². The lowest BCUT2D eigenvalue weighted by atomic mass is 9.85. The van der Waals surface area contributed by atoms with Crippen LogP contribution in [0.15, 0.2) is 66.9 Å². The molecule has 0 aromatic heterocycles. The Morgan fingerprint density at radius 3 is 2.54 bits per heavy atom. The number of aliphatic hydroxyl groups is 1. The number of carbonyl (C=O) groups excluding carboxylic acids is 4. The molecule has 0 fully saturated rings. The number of aliphatic hydroxyl groups excluding tert-OH is 1. The van der Waals surface area contributed by atoms with Crippen molar-refractivity contribution in [3.63, 3.8) is 0 Å². The Hall–Kier alpha value is -4.35. The van der Waals surface area contributed by atoms with Gasteiger partial charge in [0.2, 0.25) is 5.91 Å². The lowest BCUT2D eigenvalue weighted by Gasteiger charge is -2.29. The summed E-state index contributed by atoms with van der Waals surface area (Å²) in [6.45, 7) is 4.34. The Bertz CT molecular complexity index is 1260. The predicted molar refractivity (Wildman–Crippen MR) is 135 cm³/mol. The van der Waals surface area contributed by atoms with Gasteiger partial charge in [-0.25, -0.2) is 20.0 Å². The van der Waals surface area contributed by atoms with Crippen LogP contribution in [0.3, 0.4) is 0 Å². The van der Waals surface area contributed by atoms with Crippen molar-refractivity contribution in [1.82, 2.24) is 9.80 Å². The number of rotatable bonds is 7. The molecule has 1 aliphatic heterocycles. The highest BCUT2D eigenvalue weighted by Gasteiger charge is 2.32. The summed E-state index contributed by atoms with van der Waals surface area (Å²) in [5.74, 6) is 3.54. The van der Waals surface area contributed by atoms with E-state index in [1.54, 1.807) is 20.0 Å². The number of benzene rings is 2. The van der Waals surface area contributed by atoms with Gasteiger partial charge >= 0.3 is 6.03 Å². The summed E-state index contributed by atoms with van der Waals surface area (Å²) < 4.78 is 13.5. The molecule has 2 aromatic carbocycles. The van der Waals surface area contributed by atoms with Gasteiger partial charge in [0.25, 0.3) is 11.8 Å². The first-order chi connectivity index (χ1) is 17.6. The third-order valence-corrected chi connectivity index (χ3v) is 5.96. The average Bonchev–Trinajstić information content (AvgIpc) is 2.89. The van der Waals surface area contributed by atoms with Gasteiger partial charge in [0.15, 0.2) is 0 Å². The van der Waals surface area contributed by atoms with Gasteiger partial charge in [-0.1, -0.05) is 24.8 Å². The molecule has 37 heavy (non-hydrogen) atoms. The SMILES string of the molecule is C=CC(=O)N(CCO)C(=O)N(N)c1ccc(C)c(NC(=O)C2=CN(C)C(=O)C[C@H]2c2ccc(F)cc2)c1. The minimum atomic E-state index is -0.897. The van der Waals surface area contributed by atoms with Crippen molar-refractivity contribution in [2.45, 2.75) is 19.3 Å². The van der Waals surface area contributed by atoms with Gasteiger partial charge in [0.1, 0.15) is 5.82 Å². The Kier molecular flexibility index (Phi) is 8.53. The first kappa shape index (κ1) is 27.2. The van der Waals surface area contributed by atoms with Gasteiger partial charge in [-0.2, -0.15) is 0 Å². The van der Waals surface area contributed by atoms with E-state index in [9.17, 15) is 28.7 Å². The fourth-order valence-corrected chi connectivity index (χ4v) is 3.85. The van der Waals surface area contributed by atoms with Crippen molar-refractivity contribution in [2.75, 3.05) is 30.5 Å². The number of urea groups is 1. The first-order valence-electron chi connectivity index (χ1n) is 11.4. The molecule has 1 heterocycles. The van der Waals surface area contributed by atoms with E-state index in [0.29, 0.717) is 22.4 Å². The van der Waals surface area contributed by atoms with Crippen molar-refractivity contribution in [1.29, 1.82) is 0 Å². The normalized spacial score (nSPS) is 15.1. The number of imide groups is 1. The van der Waals surface area contributed by atoms with E-state index < -0.39 is 36.2 Å². The molecule has 1 aliphatic rings. The number of nitrogens with two attached hydrogens (primary N) is 1. The maximum atomic E-state index is 13.5. The topological polar surface area (TPSA) is 136 Å². The summed E-state index contributed by atoms with van der Waals surface area (Å²) in [5.41, 5.74) is 2.08. The zero-order valence-electron chi connectivity index (χ0n) is 20.5. The number of halogens is 1. The standard InChI is InChI=1S/C26H28FN5O5/c1-4-23(34)31(11-12-33)26(37)32(28)19-10-5-16(2)22(13-19)29-25(36)21-15-30(3)24(35)14-20(21)17-6-8-18(27)9-7-17/h4-10,13,15,20,33H,1,11-12,14,28H2,2-3H3,(H,29,36)/t20-/m0/s1. The number of hydrazine groups is 1. The molecular weight excluding hydrogens is 481 g/mol. The molecule has 0 saturated heterocycles. The molecular formula is C26H28FN5O5. The largest absolute Gasteiger partial charge is 0.395 e. The second kappa shape index (κ2) is 11.6. The lowest BCUT2D eigenvalue weighted by molar-refractivity contribution is -0.128. The summed E-state index contributed by atoms with van der Waals surface area (Å²) in [6, 6.07) is 9.34. The predicted octanol–water partition coefficient (Wildman–Crippen LogP) is 2.41. The summed E-state index contributed by atoms with van der Waals surface area (Å²) in [5, 5.41) is 12.7. The number of aryl methyl sites for hydroxylation is 1.